The first-order chi connectivity index (χ1) is 8.74. The first kappa shape index (κ1) is 12.4. The summed E-state index contributed by atoms with van der Waals surface area (Å²) in [6.45, 7) is 1.12. The molecule has 0 radical (unpaired) electrons. The molecule has 0 atom stereocenters. The van der Waals surface area contributed by atoms with Gasteiger partial charge in [0.1, 0.15) is 23.3 Å². The van der Waals surface area contributed by atoms with Gasteiger partial charge in [-0.1, -0.05) is 29.8 Å². The standard InChI is InChI=1S/C12H13ClN4O/c13-10-8-11(17-12(14)16-10)15-6-7-18-9-4-2-1-3-5-9/h1-5,8H,6-7H2,(H3,14,15,16,17). The molecule has 0 fully saturated rings. The van der Waals surface area contributed by atoms with Crippen molar-refractivity contribution in [2.75, 3.05) is 24.2 Å². The van der Waals surface area contributed by atoms with Crippen LogP contribution in [0.25, 0.3) is 0 Å². The Morgan fingerprint density at radius 1 is 1.22 bits per heavy atom. The van der Waals surface area contributed by atoms with Gasteiger partial charge in [0.05, 0.1) is 6.54 Å². The zero-order chi connectivity index (χ0) is 12.8. The quantitative estimate of drug-likeness (QED) is 0.640. The second-order valence-corrected chi connectivity index (χ2v) is 3.91. The molecule has 0 aliphatic heterocycles. The van der Waals surface area contributed by atoms with Gasteiger partial charge in [-0.25, -0.2) is 4.98 Å². The van der Waals surface area contributed by atoms with E-state index in [0.29, 0.717) is 24.1 Å². The van der Waals surface area contributed by atoms with Crippen molar-refractivity contribution >= 4 is 23.4 Å². The second-order valence-electron chi connectivity index (χ2n) is 3.52. The van der Waals surface area contributed by atoms with Gasteiger partial charge in [0.15, 0.2) is 0 Å². The summed E-state index contributed by atoms with van der Waals surface area (Å²) in [4.78, 5) is 7.77. The summed E-state index contributed by atoms with van der Waals surface area (Å²) in [5.74, 6) is 1.57. The number of para-hydroxylation sites is 1. The number of hydrogen-bond acceptors (Lipinski definition) is 5. The fraction of sp³-hybridized carbons (Fsp3) is 0.167. The van der Waals surface area contributed by atoms with E-state index < -0.39 is 0 Å². The minimum Gasteiger partial charge on any atom is -0.492 e. The maximum Gasteiger partial charge on any atom is 0.223 e. The molecule has 2 aromatic rings. The summed E-state index contributed by atoms with van der Waals surface area (Å²) in [6.07, 6.45) is 0. The summed E-state index contributed by atoms with van der Waals surface area (Å²) in [5.41, 5.74) is 5.48. The first-order valence-corrected chi connectivity index (χ1v) is 5.83. The van der Waals surface area contributed by atoms with Crippen molar-refractivity contribution in [1.82, 2.24) is 9.97 Å². The number of anilines is 2. The lowest BCUT2D eigenvalue weighted by atomic mass is 10.3. The van der Waals surface area contributed by atoms with Crippen LogP contribution in [0.15, 0.2) is 36.4 Å². The molecule has 1 aromatic heterocycles. The molecule has 0 saturated heterocycles. The highest BCUT2D eigenvalue weighted by Crippen LogP contribution is 2.12. The normalized spacial score (nSPS) is 10.1. The average Bonchev–Trinajstić information content (AvgIpc) is 2.35. The van der Waals surface area contributed by atoms with E-state index in [9.17, 15) is 0 Å². The first-order valence-electron chi connectivity index (χ1n) is 5.46. The smallest absolute Gasteiger partial charge is 0.223 e. The zero-order valence-corrected chi connectivity index (χ0v) is 10.4. The lowest BCUT2D eigenvalue weighted by Gasteiger charge is -2.08. The number of nitrogens with two attached hydrogens (primary N) is 1. The molecular formula is C12H13ClN4O. The van der Waals surface area contributed by atoms with Crippen LogP contribution in [0.4, 0.5) is 11.8 Å². The van der Waals surface area contributed by atoms with Gasteiger partial charge in [0, 0.05) is 6.07 Å². The molecule has 0 bridgehead atoms. The van der Waals surface area contributed by atoms with Crippen LogP contribution in [0.1, 0.15) is 0 Å². The summed E-state index contributed by atoms with van der Waals surface area (Å²) >= 11 is 5.76. The number of rotatable bonds is 5. The lowest BCUT2D eigenvalue weighted by molar-refractivity contribution is 0.333. The average molecular weight is 265 g/mol. The summed E-state index contributed by atoms with van der Waals surface area (Å²) in [6, 6.07) is 11.2. The molecule has 18 heavy (non-hydrogen) atoms. The maximum absolute atomic E-state index is 5.76. The van der Waals surface area contributed by atoms with Crippen LogP contribution in [0.5, 0.6) is 5.75 Å². The summed E-state index contributed by atoms with van der Waals surface area (Å²) < 4.78 is 5.52. The largest absolute Gasteiger partial charge is 0.492 e. The van der Waals surface area contributed by atoms with Gasteiger partial charge in [-0.15, -0.1) is 0 Å². The Bertz CT molecular complexity index is 486. The third kappa shape index (κ3) is 3.78. The summed E-state index contributed by atoms with van der Waals surface area (Å²) in [7, 11) is 0. The molecule has 0 aliphatic carbocycles. The molecule has 0 aliphatic rings. The van der Waals surface area contributed by atoms with Gasteiger partial charge in [-0.05, 0) is 12.1 Å². The van der Waals surface area contributed by atoms with E-state index in [1.54, 1.807) is 6.07 Å². The maximum atomic E-state index is 5.76. The van der Waals surface area contributed by atoms with Gasteiger partial charge < -0.3 is 15.8 Å². The number of halogens is 1. The summed E-state index contributed by atoms with van der Waals surface area (Å²) in [5, 5.41) is 3.37. The molecule has 0 amide bonds. The van der Waals surface area contributed by atoms with Gasteiger partial charge in [-0.3, -0.25) is 0 Å². The fourth-order valence-electron chi connectivity index (χ4n) is 1.39. The van der Waals surface area contributed by atoms with Gasteiger partial charge >= 0.3 is 0 Å². The molecule has 0 spiro atoms. The van der Waals surface area contributed by atoms with E-state index in [1.807, 2.05) is 30.3 Å². The topological polar surface area (TPSA) is 73.1 Å². The van der Waals surface area contributed by atoms with Crippen LogP contribution in [0.3, 0.4) is 0 Å². The highest BCUT2D eigenvalue weighted by Gasteiger charge is 1.99. The molecule has 0 unspecified atom stereocenters. The third-order valence-corrected chi connectivity index (χ3v) is 2.33. The van der Waals surface area contributed by atoms with E-state index in [-0.39, 0.29) is 5.95 Å². The molecule has 0 saturated carbocycles. The number of nitrogens with zero attached hydrogens (tertiary/aromatic N) is 2. The number of nitrogen functional groups attached to an aromatic ring is 1. The van der Waals surface area contributed by atoms with Crippen molar-refractivity contribution < 1.29 is 4.74 Å². The predicted octanol–water partition coefficient (Wildman–Crippen LogP) is 2.20. The van der Waals surface area contributed by atoms with Crippen LogP contribution < -0.4 is 15.8 Å². The van der Waals surface area contributed by atoms with Gasteiger partial charge in [0.25, 0.3) is 0 Å². The van der Waals surface area contributed by atoms with Crippen LogP contribution in [-0.4, -0.2) is 23.1 Å². The molecule has 6 heteroatoms. The van der Waals surface area contributed by atoms with E-state index >= 15 is 0 Å². The van der Waals surface area contributed by atoms with Crippen LogP contribution in [0.2, 0.25) is 5.15 Å². The van der Waals surface area contributed by atoms with Crippen LogP contribution in [0, 0.1) is 0 Å². The van der Waals surface area contributed by atoms with E-state index in [2.05, 4.69) is 15.3 Å². The van der Waals surface area contributed by atoms with Crippen molar-refractivity contribution in [3.05, 3.63) is 41.6 Å². The third-order valence-electron chi connectivity index (χ3n) is 2.13. The number of ether oxygens (including phenoxy) is 1. The Morgan fingerprint density at radius 3 is 2.72 bits per heavy atom. The molecule has 94 valence electrons. The minimum atomic E-state index is 0.147. The SMILES string of the molecule is Nc1nc(Cl)cc(NCCOc2ccccc2)n1. The van der Waals surface area contributed by atoms with E-state index in [0.717, 1.165) is 5.75 Å². The highest BCUT2D eigenvalue weighted by atomic mass is 35.5. The molecule has 2 rings (SSSR count). The van der Waals surface area contributed by atoms with Crippen molar-refractivity contribution in [2.45, 2.75) is 0 Å². The molecule has 1 heterocycles. The monoisotopic (exact) mass is 264 g/mol. The Labute approximate surface area is 110 Å². The van der Waals surface area contributed by atoms with Crippen molar-refractivity contribution in [1.29, 1.82) is 0 Å². The molecule has 3 N–H and O–H groups in total. The molecule has 1 aromatic carbocycles. The fourth-order valence-corrected chi connectivity index (χ4v) is 1.58. The Balaban J connectivity index is 1.78. The Hall–Kier alpha value is -2.01. The van der Waals surface area contributed by atoms with Crippen molar-refractivity contribution in [2.24, 2.45) is 0 Å². The van der Waals surface area contributed by atoms with Crippen LogP contribution >= 0.6 is 11.6 Å². The number of benzene rings is 1. The van der Waals surface area contributed by atoms with E-state index in [4.69, 9.17) is 22.1 Å². The lowest BCUT2D eigenvalue weighted by Crippen LogP contribution is -2.13. The predicted molar refractivity (Wildman–Crippen MR) is 71.9 cm³/mol. The minimum absolute atomic E-state index is 0.147. The number of hydrogen-bond donors (Lipinski definition) is 2. The Kier molecular flexibility index (Phi) is 4.20. The highest BCUT2D eigenvalue weighted by molar-refractivity contribution is 6.29. The van der Waals surface area contributed by atoms with Gasteiger partial charge in [0.2, 0.25) is 5.95 Å². The number of nitrogens with one attached hydrogen (secondary N) is 1. The van der Waals surface area contributed by atoms with Gasteiger partial charge in [-0.2, -0.15) is 4.98 Å². The second kappa shape index (κ2) is 6.07. The van der Waals surface area contributed by atoms with Crippen molar-refractivity contribution in [3.63, 3.8) is 0 Å². The zero-order valence-electron chi connectivity index (χ0n) is 9.64. The van der Waals surface area contributed by atoms with Crippen molar-refractivity contribution in [3.8, 4) is 5.75 Å². The molecule has 5 nitrogen and oxygen atoms in total. The number of aromatic nitrogens is 2. The van der Waals surface area contributed by atoms with Crippen LogP contribution in [-0.2, 0) is 0 Å². The van der Waals surface area contributed by atoms with E-state index in [1.165, 1.54) is 0 Å². The molecular weight excluding hydrogens is 252 g/mol. The Morgan fingerprint density at radius 2 is 2.00 bits per heavy atom.